The van der Waals surface area contributed by atoms with E-state index in [1.54, 1.807) is 31.2 Å². The maximum Gasteiger partial charge on any atom is 0.353 e. The minimum atomic E-state index is -0.457. The van der Waals surface area contributed by atoms with Crippen molar-refractivity contribution >= 4 is 34.7 Å². The van der Waals surface area contributed by atoms with Crippen molar-refractivity contribution in [1.29, 1.82) is 0 Å². The van der Waals surface area contributed by atoms with Gasteiger partial charge in [0.1, 0.15) is 6.33 Å². The molecule has 3 aromatic rings. The Balaban J connectivity index is 1.53. The molecule has 10 heteroatoms. The quantitative estimate of drug-likeness (QED) is 0.304. The number of benzene rings is 2. The molecular formula is C25H28N6O4. The smallest absolute Gasteiger partial charge is 0.353 e. The minimum absolute atomic E-state index is 0.0980. The van der Waals surface area contributed by atoms with E-state index in [4.69, 9.17) is 4.74 Å². The van der Waals surface area contributed by atoms with Crippen LogP contribution in [0.3, 0.4) is 0 Å². The maximum atomic E-state index is 12.0. The SMILES string of the molecule is CCOC(=O)c1ccc(Nc2ncnc(N3CCN(c4cccc(C)c4C)CC3)c2[N+](=O)[O-])cc1. The fourth-order valence-electron chi connectivity index (χ4n) is 4.14. The first kappa shape index (κ1) is 23.9. The number of piperazine rings is 1. The van der Waals surface area contributed by atoms with Gasteiger partial charge in [-0.25, -0.2) is 14.8 Å². The Labute approximate surface area is 203 Å². The second-order valence-corrected chi connectivity index (χ2v) is 8.27. The molecule has 1 saturated heterocycles. The lowest BCUT2D eigenvalue weighted by molar-refractivity contribution is -0.383. The summed E-state index contributed by atoms with van der Waals surface area (Å²) in [6.07, 6.45) is 1.33. The van der Waals surface area contributed by atoms with Crippen LogP contribution in [0.5, 0.6) is 0 Å². The highest BCUT2D eigenvalue weighted by molar-refractivity contribution is 5.90. The summed E-state index contributed by atoms with van der Waals surface area (Å²) < 4.78 is 4.99. The van der Waals surface area contributed by atoms with Gasteiger partial charge in [0.15, 0.2) is 0 Å². The van der Waals surface area contributed by atoms with Crippen LogP contribution in [0.1, 0.15) is 28.4 Å². The van der Waals surface area contributed by atoms with Gasteiger partial charge in [-0.05, 0) is 62.2 Å². The van der Waals surface area contributed by atoms with Crippen LogP contribution in [0.15, 0.2) is 48.8 Å². The Morgan fingerprint density at radius 3 is 2.40 bits per heavy atom. The predicted octanol–water partition coefficient (Wildman–Crippen LogP) is 4.25. The van der Waals surface area contributed by atoms with E-state index in [0.717, 1.165) is 13.1 Å². The molecule has 1 fully saturated rings. The number of rotatable bonds is 7. The minimum Gasteiger partial charge on any atom is -0.462 e. The highest BCUT2D eigenvalue weighted by Gasteiger charge is 2.29. The van der Waals surface area contributed by atoms with E-state index in [1.165, 1.54) is 23.1 Å². The standard InChI is InChI=1S/C25H28N6O4/c1-4-35-25(32)19-8-10-20(11-9-19)28-23-22(31(33)34)24(27-16-26-23)30-14-12-29(13-15-30)21-7-5-6-17(2)18(21)3/h5-11,16H,4,12-15H2,1-3H3,(H,26,27,28). The van der Waals surface area contributed by atoms with Crippen LogP contribution in [0.4, 0.5) is 28.7 Å². The van der Waals surface area contributed by atoms with E-state index in [9.17, 15) is 14.9 Å². The number of carbonyl (C=O) groups excluding carboxylic acids is 1. The summed E-state index contributed by atoms with van der Waals surface area (Å²) in [6.45, 7) is 8.88. The topological polar surface area (TPSA) is 114 Å². The molecule has 35 heavy (non-hydrogen) atoms. The Hall–Kier alpha value is -4.21. The average molecular weight is 477 g/mol. The number of nitro groups is 1. The molecule has 1 aliphatic heterocycles. The van der Waals surface area contributed by atoms with E-state index in [1.807, 2.05) is 4.90 Å². The largest absolute Gasteiger partial charge is 0.462 e. The van der Waals surface area contributed by atoms with Crippen LogP contribution in [0.25, 0.3) is 0 Å². The fourth-order valence-corrected chi connectivity index (χ4v) is 4.14. The number of hydrogen-bond donors (Lipinski definition) is 1. The van der Waals surface area contributed by atoms with Gasteiger partial charge in [0.25, 0.3) is 0 Å². The van der Waals surface area contributed by atoms with Crippen molar-refractivity contribution in [1.82, 2.24) is 9.97 Å². The van der Waals surface area contributed by atoms with Crippen LogP contribution in [-0.4, -0.2) is 53.6 Å². The van der Waals surface area contributed by atoms with Crippen molar-refractivity contribution in [3.05, 3.63) is 75.6 Å². The molecule has 10 nitrogen and oxygen atoms in total. The van der Waals surface area contributed by atoms with Crippen LogP contribution in [0.2, 0.25) is 0 Å². The molecule has 2 heterocycles. The fraction of sp³-hybridized carbons (Fsp3) is 0.320. The van der Waals surface area contributed by atoms with Gasteiger partial charge in [0.2, 0.25) is 11.6 Å². The maximum absolute atomic E-state index is 12.0. The number of aryl methyl sites for hydroxylation is 1. The lowest BCUT2D eigenvalue weighted by atomic mass is 10.1. The van der Waals surface area contributed by atoms with E-state index in [-0.39, 0.29) is 23.9 Å². The molecule has 0 radical (unpaired) electrons. The summed E-state index contributed by atoms with van der Waals surface area (Å²) in [5.41, 5.74) is 4.46. The van der Waals surface area contributed by atoms with Crippen LogP contribution >= 0.6 is 0 Å². The zero-order valence-electron chi connectivity index (χ0n) is 20.0. The van der Waals surface area contributed by atoms with Crippen molar-refractivity contribution in [3.63, 3.8) is 0 Å². The second-order valence-electron chi connectivity index (χ2n) is 8.27. The molecule has 0 amide bonds. The molecule has 4 rings (SSSR count). The first-order valence-corrected chi connectivity index (χ1v) is 11.5. The lowest BCUT2D eigenvalue weighted by Gasteiger charge is -2.37. The van der Waals surface area contributed by atoms with E-state index in [2.05, 4.69) is 52.2 Å². The predicted molar refractivity (Wildman–Crippen MR) is 135 cm³/mol. The summed E-state index contributed by atoms with van der Waals surface area (Å²) in [5, 5.41) is 15.0. The van der Waals surface area contributed by atoms with Gasteiger partial charge in [0, 0.05) is 37.6 Å². The Kier molecular flexibility index (Phi) is 7.09. The van der Waals surface area contributed by atoms with Crippen LogP contribution < -0.4 is 15.1 Å². The first-order valence-electron chi connectivity index (χ1n) is 11.5. The van der Waals surface area contributed by atoms with Crippen molar-refractivity contribution in [2.75, 3.05) is 47.9 Å². The average Bonchev–Trinajstić information content (AvgIpc) is 2.86. The van der Waals surface area contributed by atoms with Gasteiger partial charge >= 0.3 is 11.7 Å². The third-order valence-corrected chi connectivity index (χ3v) is 6.14. The molecule has 2 aromatic carbocycles. The highest BCUT2D eigenvalue weighted by atomic mass is 16.6. The first-order chi connectivity index (χ1) is 16.9. The summed E-state index contributed by atoms with van der Waals surface area (Å²) in [5.74, 6) is -0.0357. The van der Waals surface area contributed by atoms with Crippen molar-refractivity contribution in [3.8, 4) is 0 Å². The number of nitrogens with zero attached hydrogens (tertiary/aromatic N) is 5. The molecule has 1 aliphatic rings. The number of nitrogens with one attached hydrogen (secondary N) is 1. The molecule has 0 saturated carbocycles. The van der Waals surface area contributed by atoms with E-state index < -0.39 is 10.9 Å². The molecule has 0 atom stereocenters. The van der Waals surface area contributed by atoms with E-state index >= 15 is 0 Å². The Morgan fingerprint density at radius 2 is 1.74 bits per heavy atom. The molecule has 1 N–H and O–H groups in total. The van der Waals surface area contributed by atoms with Gasteiger partial charge in [-0.3, -0.25) is 10.1 Å². The van der Waals surface area contributed by atoms with Crippen molar-refractivity contribution < 1.29 is 14.5 Å². The zero-order valence-corrected chi connectivity index (χ0v) is 20.0. The second kappa shape index (κ2) is 10.4. The lowest BCUT2D eigenvalue weighted by Crippen LogP contribution is -2.47. The number of ether oxygens (including phenoxy) is 1. The zero-order chi connectivity index (χ0) is 24.9. The Bertz CT molecular complexity index is 1220. The molecule has 0 spiro atoms. The van der Waals surface area contributed by atoms with Crippen LogP contribution in [0, 0.1) is 24.0 Å². The molecule has 0 unspecified atom stereocenters. The molecule has 182 valence electrons. The number of carbonyl (C=O) groups is 1. The monoisotopic (exact) mass is 476 g/mol. The third-order valence-electron chi connectivity index (χ3n) is 6.14. The van der Waals surface area contributed by atoms with Gasteiger partial charge < -0.3 is 19.9 Å². The van der Waals surface area contributed by atoms with Crippen molar-refractivity contribution in [2.45, 2.75) is 20.8 Å². The number of hydrogen-bond acceptors (Lipinski definition) is 9. The normalized spacial score (nSPS) is 13.5. The summed E-state index contributed by atoms with van der Waals surface area (Å²) in [6, 6.07) is 12.8. The van der Waals surface area contributed by atoms with E-state index in [0.29, 0.717) is 24.3 Å². The summed E-state index contributed by atoms with van der Waals surface area (Å²) >= 11 is 0. The van der Waals surface area contributed by atoms with Gasteiger partial charge in [0.05, 0.1) is 17.1 Å². The summed E-state index contributed by atoms with van der Waals surface area (Å²) in [7, 11) is 0. The van der Waals surface area contributed by atoms with Crippen LogP contribution in [-0.2, 0) is 4.74 Å². The Morgan fingerprint density at radius 1 is 1.06 bits per heavy atom. The molecule has 0 bridgehead atoms. The summed E-state index contributed by atoms with van der Waals surface area (Å²) in [4.78, 5) is 36.1. The van der Waals surface area contributed by atoms with Crippen molar-refractivity contribution in [2.24, 2.45) is 0 Å². The van der Waals surface area contributed by atoms with Gasteiger partial charge in [-0.2, -0.15) is 0 Å². The van der Waals surface area contributed by atoms with Gasteiger partial charge in [-0.1, -0.05) is 12.1 Å². The number of anilines is 4. The number of aromatic nitrogens is 2. The number of esters is 1. The molecule has 0 aliphatic carbocycles. The third kappa shape index (κ3) is 5.16. The molecule has 1 aromatic heterocycles. The molecular weight excluding hydrogens is 448 g/mol. The highest BCUT2D eigenvalue weighted by Crippen LogP contribution is 2.34. The van der Waals surface area contributed by atoms with Gasteiger partial charge in [-0.15, -0.1) is 0 Å².